The molecule has 0 aliphatic heterocycles. The Morgan fingerprint density at radius 2 is 1.95 bits per heavy atom. The third-order valence-corrected chi connectivity index (χ3v) is 4.01. The minimum Gasteiger partial charge on any atom is -0.382 e. The van der Waals surface area contributed by atoms with Gasteiger partial charge in [-0.25, -0.2) is 0 Å². The molecule has 3 rings (SSSR count). The van der Waals surface area contributed by atoms with Gasteiger partial charge >= 0.3 is 0 Å². The zero-order valence-corrected chi connectivity index (χ0v) is 12.3. The number of nitrogens with two attached hydrogens (primary N) is 1. The number of nitrogens with zero attached hydrogens (tertiary/aromatic N) is 3. The van der Waals surface area contributed by atoms with Gasteiger partial charge in [-0.1, -0.05) is 6.07 Å². The molecule has 0 aliphatic rings. The van der Waals surface area contributed by atoms with E-state index >= 15 is 0 Å². The number of hydrogen-bond donors (Lipinski definition) is 2. The molecule has 0 radical (unpaired) electrons. The van der Waals surface area contributed by atoms with E-state index in [9.17, 15) is 0 Å². The summed E-state index contributed by atoms with van der Waals surface area (Å²) in [7, 11) is 0. The van der Waals surface area contributed by atoms with Gasteiger partial charge in [-0.3, -0.25) is 9.97 Å². The van der Waals surface area contributed by atoms with Gasteiger partial charge in [0.2, 0.25) is 0 Å². The lowest BCUT2D eigenvalue weighted by Crippen LogP contribution is -2.06. The average Bonchev–Trinajstić information content (AvgIpc) is 2.89. The normalized spacial score (nSPS) is 12.0. The van der Waals surface area contributed by atoms with Gasteiger partial charge in [-0.15, -0.1) is 0 Å². The quantitative estimate of drug-likeness (QED) is 0.772. The van der Waals surface area contributed by atoms with Crippen molar-refractivity contribution in [1.82, 2.24) is 14.3 Å². The fourth-order valence-corrected chi connectivity index (χ4v) is 2.95. The third kappa shape index (κ3) is 2.85. The highest BCUT2D eigenvalue weighted by Crippen LogP contribution is 2.38. The maximum absolute atomic E-state index is 6.01. The van der Waals surface area contributed by atoms with Gasteiger partial charge < -0.3 is 11.1 Å². The van der Waals surface area contributed by atoms with E-state index in [4.69, 9.17) is 5.73 Å². The Hall–Kier alpha value is -2.47. The molecule has 21 heavy (non-hydrogen) atoms. The van der Waals surface area contributed by atoms with Crippen LogP contribution in [0.25, 0.3) is 11.1 Å². The molecule has 0 aliphatic carbocycles. The topological polar surface area (TPSA) is 76.7 Å². The van der Waals surface area contributed by atoms with E-state index in [-0.39, 0.29) is 6.04 Å². The molecule has 0 spiro atoms. The first kappa shape index (κ1) is 13.5. The molecule has 0 aromatic carbocycles. The maximum atomic E-state index is 6.01. The summed E-state index contributed by atoms with van der Waals surface area (Å²) < 4.78 is 4.26. The summed E-state index contributed by atoms with van der Waals surface area (Å²) in [4.78, 5) is 8.18. The molecule has 3 aromatic rings. The summed E-state index contributed by atoms with van der Waals surface area (Å²) in [5, 5.41) is 4.42. The number of pyridine rings is 2. The summed E-state index contributed by atoms with van der Waals surface area (Å²) in [6.45, 7) is 2.10. The van der Waals surface area contributed by atoms with Crippen LogP contribution >= 0.6 is 11.5 Å². The molecular formula is C15H15N5S. The predicted octanol–water partition coefficient (Wildman–Crippen LogP) is 3.36. The molecule has 0 bridgehead atoms. The first-order valence-corrected chi connectivity index (χ1v) is 7.35. The standard InChI is InChI=1S/C15H15N5S/c1-10(11-4-7-17-8-5-11)19-15-13(14(16)20-21-15)12-3-2-6-18-9-12/h2-10,19H,1H3,(H2,16,20). The summed E-state index contributed by atoms with van der Waals surface area (Å²) in [5.41, 5.74) is 9.05. The van der Waals surface area contributed by atoms with Crippen LogP contribution in [0.15, 0.2) is 49.1 Å². The van der Waals surface area contributed by atoms with E-state index in [1.807, 2.05) is 24.3 Å². The average molecular weight is 297 g/mol. The fraction of sp³-hybridized carbons (Fsp3) is 0.133. The zero-order valence-electron chi connectivity index (χ0n) is 11.5. The molecule has 3 aromatic heterocycles. The van der Waals surface area contributed by atoms with Crippen LogP contribution in [0.3, 0.4) is 0 Å². The molecule has 1 unspecified atom stereocenters. The Bertz CT molecular complexity index is 711. The van der Waals surface area contributed by atoms with Crippen LogP contribution in [0.1, 0.15) is 18.5 Å². The van der Waals surface area contributed by atoms with Crippen LogP contribution in [0.2, 0.25) is 0 Å². The number of rotatable bonds is 4. The Kier molecular flexibility index (Phi) is 3.79. The smallest absolute Gasteiger partial charge is 0.147 e. The van der Waals surface area contributed by atoms with Crippen LogP contribution in [-0.4, -0.2) is 14.3 Å². The Morgan fingerprint density at radius 1 is 1.14 bits per heavy atom. The van der Waals surface area contributed by atoms with Crippen molar-refractivity contribution in [2.45, 2.75) is 13.0 Å². The summed E-state index contributed by atoms with van der Waals surface area (Å²) >= 11 is 1.36. The summed E-state index contributed by atoms with van der Waals surface area (Å²) in [5.74, 6) is 0.525. The van der Waals surface area contributed by atoms with Crippen LogP contribution in [-0.2, 0) is 0 Å². The Morgan fingerprint density at radius 3 is 2.67 bits per heavy atom. The molecule has 5 nitrogen and oxygen atoms in total. The van der Waals surface area contributed by atoms with E-state index in [0.29, 0.717) is 5.82 Å². The Labute approximate surface area is 127 Å². The Balaban J connectivity index is 1.91. The van der Waals surface area contributed by atoms with Crippen molar-refractivity contribution >= 4 is 22.4 Å². The van der Waals surface area contributed by atoms with Crippen LogP contribution in [0.5, 0.6) is 0 Å². The van der Waals surface area contributed by atoms with Gasteiger partial charge in [-0.05, 0) is 42.2 Å². The first-order chi connectivity index (χ1) is 10.3. The maximum Gasteiger partial charge on any atom is 0.147 e. The second-order valence-corrected chi connectivity index (χ2v) is 5.43. The zero-order chi connectivity index (χ0) is 14.7. The van der Waals surface area contributed by atoms with Crippen molar-refractivity contribution in [2.24, 2.45) is 0 Å². The summed E-state index contributed by atoms with van der Waals surface area (Å²) in [6, 6.07) is 8.00. The lowest BCUT2D eigenvalue weighted by Gasteiger charge is -2.15. The monoisotopic (exact) mass is 297 g/mol. The van der Waals surface area contributed by atoms with Gasteiger partial charge in [0.15, 0.2) is 0 Å². The second kappa shape index (κ2) is 5.88. The van der Waals surface area contributed by atoms with E-state index in [2.05, 4.69) is 26.6 Å². The van der Waals surface area contributed by atoms with Crippen LogP contribution in [0, 0.1) is 0 Å². The van der Waals surface area contributed by atoms with Gasteiger partial charge in [-0.2, -0.15) is 4.37 Å². The van der Waals surface area contributed by atoms with Crippen molar-refractivity contribution in [1.29, 1.82) is 0 Å². The van der Waals surface area contributed by atoms with E-state index in [1.165, 1.54) is 11.5 Å². The highest BCUT2D eigenvalue weighted by Gasteiger charge is 2.16. The van der Waals surface area contributed by atoms with Crippen molar-refractivity contribution in [2.75, 3.05) is 11.1 Å². The number of anilines is 2. The van der Waals surface area contributed by atoms with Gasteiger partial charge in [0.05, 0.1) is 5.56 Å². The number of hydrogen-bond acceptors (Lipinski definition) is 6. The van der Waals surface area contributed by atoms with E-state index in [1.54, 1.807) is 24.8 Å². The van der Waals surface area contributed by atoms with E-state index in [0.717, 1.165) is 21.7 Å². The van der Waals surface area contributed by atoms with Crippen LogP contribution < -0.4 is 11.1 Å². The highest BCUT2D eigenvalue weighted by molar-refractivity contribution is 7.11. The largest absolute Gasteiger partial charge is 0.382 e. The van der Waals surface area contributed by atoms with Gasteiger partial charge in [0.1, 0.15) is 10.8 Å². The predicted molar refractivity (Wildman–Crippen MR) is 86.0 cm³/mol. The second-order valence-electron chi connectivity index (χ2n) is 4.66. The lowest BCUT2D eigenvalue weighted by molar-refractivity contribution is 0.886. The number of aromatic nitrogens is 3. The number of nitrogen functional groups attached to an aromatic ring is 1. The molecule has 0 saturated heterocycles. The first-order valence-electron chi connectivity index (χ1n) is 6.57. The molecule has 106 valence electrons. The number of nitrogens with one attached hydrogen (secondary N) is 1. The third-order valence-electron chi connectivity index (χ3n) is 3.22. The van der Waals surface area contributed by atoms with Crippen molar-refractivity contribution in [3.05, 3.63) is 54.6 Å². The minimum atomic E-state index is 0.142. The highest BCUT2D eigenvalue weighted by atomic mass is 32.1. The minimum absolute atomic E-state index is 0.142. The van der Waals surface area contributed by atoms with Crippen molar-refractivity contribution in [3.63, 3.8) is 0 Å². The van der Waals surface area contributed by atoms with Crippen molar-refractivity contribution < 1.29 is 0 Å². The van der Waals surface area contributed by atoms with Crippen LogP contribution in [0.4, 0.5) is 10.8 Å². The molecule has 3 heterocycles. The molecule has 1 atom stereocenters. The van der Waals surface area contributed by atoms with Gasteiger partial charge in [0.25, 0.3) is 0 Å². The van der Waals surface area contributed by atoms with E-state index < -0.39 is 0 Å². The fourth-order valence-electron chi connectivity index (χ4n) is 2.12. The molecule has 0 fully saturated rings. The molecule has 3 N–H and O–H groups in total. The SMILES string of the molecule is CC(Nc1snc(N)c1-c1cccnc1)c1ccncc1. The molecule has 0 saturated carbocycles. The van der Waals surface area contributed by atoms with Gasteiger partial charge in [0, 0.05) is 36.4 Å². The lowest BCUT2D eigenvalue weighted by atomic mass is 10.1. The van der Waals surface area contributed by atoms with Crippen molar-refractivity contribution in [3.8, 4) is 11.1 Å². The summed E-state index contributed by atoms with van der Waals surface area (Å²) in [6.07, 6.45) is 7.11. The molecule has 0 amide bonds. The molecular weight excluding hydrogens is 282 g/mol. The molecule has 6 heteroatoms.